The molecule has 33 heavy (non-hydrogen) atoms. The zero-order chi connectivity index (χ0) is 22.6. The fourth-order valence-corrected chi connectivity index (χ4v) is 10.4. The van der Waals surface area contributed by atoms with Crippen LogP contribution in [0.3, 0.4) is 0 Å². The Morgan fingerprint density at radius 3 is 2.06 bits per heavy atom. The molecule has 0 aliphatic heterocycles. The Labute approximate surface area is 200 Å². The lowest BCUT2D eigenvalue weighted by Gasteiger charge is -2.28. The molecule has 0 aromatic heterocycles. The Hall–Kier alpha value is -3.21. The average Bonchev–Trinajstić information content (AvgIpc) is 2.88. The molecule has 0 spiro atoms. The van der Waals surface area contributed by atoms with Gasteiger partial charge in [0.1, 0.15) is 0 Å². The van der Waals surface area contributed by atoms with Gasteiger partial charge in [-0.3, -0.25) is 0 Å². The summed E-state index contributed by atoms with van der Waals surface area (Å²) in [5.41, 5.74) is 10.8. The van der Waals surface area contributed by atoms with E-state index in [2.05, 4.69) is 128 Å². The summed E-state index contributed by atoms with van der Waals surface area (Å²) in [6, 6.07) is 35.6. The highest BCUT2D eigenvalue weighted by Gasteiger charge is 2.27. The Kier molecular flexibility index (Phi) is 6.38. The first kappa shape index (κ1) is 21.6. The van der Waals surface area contributed by atoms with E-state index in [9.17, 15) is 0 Å². The van der Waals surface area contributed by atoms with E-state index in [0.29, 0.717) is 5.54 Å². The van der Waals surface area contributed by atoms with Crippen molar-refractivity contribution in [2.24, 2.45) is 0 Å². The summed E-state index contributed by atoms with van der Waals surface area (Å²) in [4.78, 5) is 0. The topological polar surface area (TPSA) is 0 Å². The molecule has 162 valence electrons. The fraction of sp³-hybridized carbons (Fsp3) is 0.0968. The van der Waals surface area contributed by atoms with Crippen LogP contribution in [0, 0.1) is 0 Å². The monoisotopic (exact) mass is 458 g/mol. The van der Waals surface area contributed by atoms with Crippen LogP contribution >= 0.6 is 0 Å². The van der Waals surface area contributed by atoms with Gasteiger partial charge >= 0.3 is 0 Å². The SMILES string of the molecule is C=C[SiH](Cc1ccccc1)c1ccc2cccc3c2c1C=CC3[SiH](C=C)Cc1ccccc1. The molecule has 3 unspecified atom stereocenters. The second-order valence-electron chi connectivity index (χ2n) is 9.02. The Morgan fingerprint density at radius 1 is 0.697 bits per heavy atom. The normalized spacial score (nSPS) is 16.3. The first-order valence-corrected chi connectivity index (χ1v) is 16.1. The van der Waals surface area contributed by atoms with Crippen LogP contribution in [0.2, 0.25) is 0 Å². The summed E-state index contributed by atoms with van der Waals surface area (Å²) in [6.07, 6.45) is 4.91. The minimum Gasteiger partial charge on any atom is -0.107 e. The third-order valence-corrected chi connectivity index (χ3v) is 12.9. The van der Waals surface area contributed by atoms with Crippen molar-refractivity contribution in [2.45, 2.75) is 17.6 Å². The van der Waals surface area contributed by atoms with E-state index >= 15 is 0 Å². The first-order valence-electron chi connectivity index (χ1n) is 11.8. The van der Waals surface area contributed by atoms with Crippen LogP contribution in [-0.2, 0) is 12.1 Å². The lowest BCUT2D eigenvalue weighted by atomic mass is 9.92. The molecular formula is C31H30Si2. The molecule has 0 amide bonds. The molecule has 0 saturated heterocycles. The molecule has 1 aliphatic rings. The van der Waals surface area contributed by atoms with Crippen LogP contribution in [0.15, 0.2) is 122 Å². The minimum absolute atomic E-state index is 0.479. The van der Waals surface area contributed by atoms with Crippen LogP contribution in [0.1, 0.15) is 27.8 Å². The molecule has 0 nitrogen and oxygen atoms in total. The van der Waals surface area contributed by atoms with Crippen molar-refractivity contribution in [2.75, 3.05) is 0 Å². The smallest absolute Gasteiger partial charge is 0.0985 e. The summed E-state index contributed by atoms with van der Waals surface area (Å²) >= 11 is 0. The van der Waals surface area contributed by atoms with Crippen LogP contribution in [-0.4, -0.2) is 17.6 Å². The molecule has 5 rings (SSSR count). The van der Waals surface area contributed by atoms with Gasteiger partial charge in [0, 0.05) is 0 Å². The van der Waals surface area contributed by atoms with Crippen LogP contribution in [0.5, 0.6) is 0 Å². The van der Waals surface area contributed by atoms with E-state index in [0.717, 1.165) is 12.1 Å². The number of hydrogen-bond acceptors (Lipinski definition) is 0. The highest BCUT2D eigenvalue weighted by molar-refractivity contribution is 6.78. The van der Waals surface area contributed by atoms with Gasteiger partial charge in [-0.1, -0.05) is 125 Å². The molecule has 3 atom stereocenters. The highest BCUT2D eigenvalue weighted by atomic mass is 28.3. The van der Waals surface area contributed by atoms with Gasteiger partial charge in [0.15, 0.2) is 0 Å². The highest BCUT2D eigenvalue weighted by Crippen LogP contribution is 2.36. The van der Waals surface area contributed by atoms with Crippen molar-refractivity contribution in [3.05, 3.63) is 144 Å². The first-order chi connectivity index (χ1) is 16.3. The Bertz CT molecular complexity index is 1310. The number of benzene rings is 4. The molecule has 1 aliphatic carbocycles. The van der Waals surface area contributed by atoms with Crippen LogP contribution in [0.25, 0.3) is 16.8 Å². The van der Waals surface area contributed by atoms with Crippen LogP contribution < -0.4 is 5.19 Å². The lowest BCUT2D eigenvalue weighted by molar-refractivity contribution is 1.15. The summed E-state index contributed by atoms with van der Waals surface area (Å²) in [5.74, 6) is 0. The van der Waals surface area contributed by atoms with E-state index in [-0.39, 0.29) is 0 Å². The second kappa shape index (κ2) is 9.74. The maximum absolute atomic E-state index is 4.28. The van der Waals surface area contributed by atoms with Crippen molar-refractivity contribution in [1.82, 2.24) is 0 Å². The van der Waals surface area contributed by atoms with Crippen molar-refractivity contribution in [3.63, 3.8) is 0 Å². The summed E-state index contributed by atoms with van der Waals surface area (Å²) < 4.78 is 0. The van der Waals surface area contributed by atoms with Gasteiger partial charge < -0.3 is 0 Å². The third-order valence-electron chi connectivity index (χ3n) is 7.04. The lowest BCUT2D eigenvalue weighted by Crippen LogP contribution is -2.34. The van der Waals surface area contributed by atoms with E-state index in [1.165, 1.54) is 38.2 Å². The van der Waals surface area contributed by atoms with E-state index in [1.807, 2.05) is 0 Å². The van der Waals surface area contributed by atoms with Gasteiger partial charge in [0.2, 0.25) is 0 Å². The molecule has 0 N–H and O–H groups in total. The molecule has 0 bridgehead atoms. The predicted molar refractivity (Wildman–Crippen MR) is 150 cm³/mol. The van der Waals surface area contributed by atoms with Crippen LogP contribution in [0.4, 0.5) is 0 Å². The van der Waals surface area contributed by atoms with Crippen molar-refractivity contribution >= 4 is 39.6 Å². The molecule has 4 aromatic carbocycles. The zero-order valence-electron chi connectivity index (χ0n) is 19.0. The largest absolute Gasteiger partial charge is 0.107 e. The molecule has 4 aromatic rings. The molecule has 0 fully saturated rings. The van der Waals surface area contributed by atoms with Gasteiger partial charge in [-0.15, -0.1) is 18.9 Å². The third kappa shape index (κ3) is 4.37. The van der Waals surface area contributed by atoms with Gasteiger partial charge in [0.05, 0.1) is 17.6 Å². The van der Waals surface area contributed by atoms with E-state index in [1.54, 1.807) is 0 Å². The molecule has 0 saturated carbocycles. The molecule has 0 heterocycles. The maximum Gasteiger partial charge on any atom is 0.0985 e. The molecular weight excluding hydrogens is 429 g/mol. The Morgan fingerprint density at radius 2 is 1.39 bits per heavy atom. The second-order valence-corrected chi connectivity index (χ2v) is 14.7. The minimum atomic E-state index is -1.35. The van der Waals surface area contributed by atoms with Gasteiger partial charge in [0.25, 0.3) is 0 Å². The molecule has 2 heteroatoms. The van der Waals surface area contributed by atoms with Crippen molar-refractivity contribution in [3.8, 4) is 0 Å². The van der Waals surface area contributed by atoms with E-state index < -0.39 is 17.6 Å². The van der Waals surface area contributed by atoms with E-state index in [4.69, 9.17) is 0 Å². The maximum atomic E-state index is 4.28. The quantitative estimate of drug-likeness (QED) is 0.277. The number of hydrogen-bond donors (Lipinski definition) is 0. The zero-order valence-corrected chi connectivity index (χ0v) is 21.3. The average molecular weight is 459 g/mol. The Balaban J connectivity index is 1.55. The van der Waals surface area contributed by atoms with Crippen molar-refractivity contribution in [1.29, 1.82) is 0 Å². The summed E-state index contributed by atoms with van der Waals surface area (Å²) in [5, 5.41) is 4.33. The fourth-order valence-electron chi connectivity index (χ4n) is 5.34. The molecule has 0 radical (unpaired) electrons. The standard InChI is InChI=1S/C31H30Si2/c1-3-32(22-24-12-7-5-8-13-24)29-20-18-26-16-11-17-27-30(21-19-28(29)31(26)27)33(4-2)23-25-14-9-6-10-15-25/h3-21,30,32-33H,1-2,22-23H2. The van der Waals surface area contributed by atoms with Crippen molar-refractivity contribution < 1.29 is 0 Å². The summed E-state index contributed by atoms with van der Waals surface area (Å²) in [6.45, 7) is 8.54. The van der Waals surface area contributed by atoms with Gasteiger partial charge in [-0.25, -0.2) is 0 Å². The number of allylic oxidation sites excluding steroid dienone is 1. The predicted octanol–water partition coefficient (Wildman–Crippen LogP) is 6.16. The van der Waals surface area contributed by atoms with Gasteiger partial charge in [-0.2, -0.15) is 0 Å². The summed E-state index contributed by atoms with van der Waals surface area (Å²) in [7, 11) is -2.63. The van der Waals surface area contributed by atoms with Gasteiger partial charge in [-0.05, 0) is 39.5 Å². The number of rotatable bonds is 8.